The molecule has 0 unspecified atom stereocenters. The van der Waals surface area contributed by atoms with Crippen molar-refractivity contribution in [1.82, 2.24) is 15.6 Å². The van der Waals surface area contributed by atoms with Crippen LogP contribution in [0.1, 0.15) is 33.6 Å². The van der Waals surface area contributed by atoms with Crippen molar-refractivity contribution >= 4 is 18.3 Å². The Labute approximate surface area is 152 Å². The van der Waals surface area contributed by atoms with Crippen molar-refractivity contribution in [2.24, 2.45) is 5.10 Å². The zero-order chi connectivity index (χ0) is 18.8. The Morgan fingerprint density at radius 2 is 1.96 bits per heavy atom. The van der Waals surface area contributed by atoms with E-state index in [1.165, 1.54) is 11.1 Å². The fourth-order valence-electron chi connectivity index (χ4n) is 2.03. The van der Waals surface area contributed by atoms with Gasteiger partial charge in [-0.05, 0) is 51.8 Å². The van der Waals surface area contributed by atoms with E-state index in [1.54, 1.807) is 6.21 Å². The molecule has 0 bridgehead atoms. The monoisotopic (exact) mass is 353 g/mol. The number of nitrogens with one attached hydrogen (secondary N) is 2. The molecule has 0 radical (unpaired) electrons. The molecule has 1 aromatic heterocycles. The van der Waals surface area contributed by atoms with Crippen LogP contribution in [-0.4, -0.2) is 22.4 Å². The molecule has 136 valence electrons. The number of benzene rings is 1. The standard InChI is InChI=1S/C19H23N5O2/c1-14(2)8-7-9-15(3)12-13-20-23-18(25)21-19-24-22-17(26-19)16-10-5-4-6-11-16/h4-6,8,10-13H,7,9H2,1-3H3,(H2,21,23,24,25)/b15-12-,20-13-. The number of rotatable bonds is 7. The lowest BCUT2D eigenvalue weighted by Gasteiger charge is -1.98. The zero-order valence-corrected chi connectivity index (χ0v) is 15.2. The molecule has 0 fully saturated rings. The lowest BCUT2D eigenvalue weighted by molar-refractivity contribution is 0.252. The van der Waals surface area contributed by atoms with Crippen LogP contribution < -0.4 is 10.7 Å². The average Bonchev–Trinajstić information content (AvgIpc) is 3.07. The maximum atomic E-state index is 11.8. The van der Waals surface area contributed by atoms with E-state index in [4.69, 9.17) is 4.42 Å². The predicted octanol–water partition coefficient (Wildman–Crippen LogP) is 4.54. The number of anilines is 1. The number of hydrogen-bond donors (Lipinski definition) is 2. The van der Waals surface area contributed by atoms with Gasteiger partial charge >= 0.3 is 12.0 Å². The molecule has 0 aliphatic heterocycles. The van der Waals surface area contributed by atoms with Crippen LogP contribution in [0.25, 0.3) is 11.5 Å². The molecule has 1 aromatic carbocycles. The summed E-state index contributed by atoms with van der Waals surface area (Å²) in [4.78, 5) is 11.8. The number of hydrazone groups is 1. The highest BCUT2D eigenvalue weighted by molar-refractivity contribution is 5.87. The normalized spacial score (nSPS) is 11.4. The summed E-state index contributed by atoms with van der Waals surface area (Å²) in [5, 5.41) is 13.9. The second-order valence-electron chi connectivity index (χ2n) is 5.96. The molecule has 2 N–H and O–H groups in total. The molecule has 2 rings (SSSR count). The Morgan fingerprint density at radius 1 is 1.19 bits per heavy atom. The van der Waals surface area contributed by atoms with Crippen molar-refractivity contribution in [2.75, 3.05) is 5.32 Å². The van der Waals surface area contributed by atoms with Crippen LogP contribution in [0, 0.1) is 0 Å². The van der Waals surface area contributed by atoms with E-state index in [0.717, 1.165) is 18.4 Å². The van der Waals surface area contributed by atoms with Crippen LogP contribution in [0.4, 0.5) is 10.8 Å². The van der Waals surface area contributed by atoms with Gasteiger partial charge in [-0.3, -0.25) is 5.32 Å². The Bertz CT molecular complexity index is 802. The van der Waals surface area contributed by atoms with E-state index in [9.17, 15) is 4.79 Å². The third kappa shape index (κ3) is 6.72. The number of urea groups is 1. The summed E-state index contributed by atoms with van der Waals surface area (Å²) in [5.41, 5.74) is 5.61. The Balaban J connectivity index is 1.78. The molecule has 2 amide bonds. The summed E-state index contributed by atoms with van der Waals surface area (Å²) in [7, 11) is 0. The van der Waals surface area contributed by atoms with Crippen LogP contribution in [-0.2, 0) is 0 Å². The molecule has 7 heteroatoms. The van der Waals surface area contributed by atoms with Gasteiger partial charge in [0.25, 0.3) is 0 Å². The van der Waals surface area contributed by atoms with E-state index in [2.05, 4.69) is 46.0 Å². The molecule has 2 aromatic rings. The fraction of sp³-hybridized carbons (Fsp3) is 0.263. The van der Waals surface area contributed by atoms with Gasteiger partial charge in [0.2, 0.25) is 5.89 Å². The van der Waals surface area contributed by atoms with Crippen LogP contribution >= 0.6 is 0 Å². The Morgan fingerprint density at radius 3 is 2.69 bits per heavy atom. The van der Waals surface area contributed by atoms with Crippen molar-refractivity contribution in [3.05, 3.63) is 53.6 Å². The van der Waals surface area contributed by atoms with Gasteiger partial charge in [0, 0.05) is 11.8 Å². The molecule has 0 atom stereocenters. The number of amides is 2. The van der Waals surface area contributed by atoms with Gasteiger partial charge < -0.3 is 4.42 Å². The maximum Gasteiger partial charge on any atom is 0.343 e. The summed E-state index contributed by atoms with van der Waals surface area (Å²) in [5.74, 6) is 0.333. The Kier molecular flexibility index (Phi) is 7.30. The van der Waals surface area contributed by atoms with Crippen molar-refractivity contribution in [3.8, 4) is 11.5 Å². The number of nitrogens with zero attached hydrogens (tertiary/aromatic N) is 3. The van der Waals surface area contributed by atoms with Gasteiger partial charge in [-0.2, -0.15) is 5.10 Å². The molecule has 0 aliphatic carbocycles. The van der Waals surface area contributed by atoms with Crippen LogP contribution in [0.2, 0.25) is 0 Å². The Hall–Kier alpha value is -3.22. The van der Waals surface area contributed by atoms with E-state index >= 15 is 0 Å². The van der Waals surface area contributed by atoms with Crippen LogP contribution in [0.15, 0.2) is 63.1 Å². The molecule has 0 saturated heterocycles. The maximum absolute atomic E-state index is 11.8. The van der Waals surface area contributed by atoms with Crippen molar-refractivity contribution in [3.63, 3.8) is 0 Å². The predicted molar refractivity (Wildman–Crippen MR) is 103 cm³/mol. The third-order valence-corrected chi connectivity index (χ3v) is 3.36. The van der Waals surface area contributed by atoms with Gasteiger partial charge in [-0.25, -0.2) is 10.2 Å². The molecular formula is C19H23N5O2. The van der Waals surface area contributed by atoms with E-state index in [-0.39, 0.29) is 6.01 Å². The molecule has 1 heterocycles. The summed E-state index contributed by atoms with van der Waals surface area (Å²) in [6, 6.07) is 8.75. The first kappa shape index (κ1) is 19.1. The zero-order valence-electron chi connectivity index (χ0n) is 15.2. The first-order valence-corrected chi connectivity index (χ1v) is 8.32. The molecular weight excluding hydrogens is 330 g/mol. The number of allylic oxidation sites excluding steroid dienone is 4. The number of aromatic nitrogens is 2. The summed E-state index contributed by atoms with van der Waals surface area (Å²) in [6.07, 6.45) is 7.54. The lowest BCUT2D eigenvalue weighted by Crippen LogP contribution is -2.24. The second kappa shape index (κ2) is 9.93. The number of carbonyl (C=O) groups is 1. The van der Waals surface area contributed by atoms with Gasteiger partial charge in [0.1, 0.15) is 0 Å². The topological polar surface area (TPSA) is 92.4 Å². The largest absolute Gasteiger partial charge is 0.403 e. The smallest absolute Gasteiger partial charge is 0.343 e. The summed E-state index contributed by atoms with van der Waals surface area (Å²) < 4.78 is 5.39. The highest BCUT2D eigenvalue weighted by Gasteiger charge is 2.10. The molecule has 26 heavy (non-hydrogen) atoms. The summed E-state index contributed by atoms with van der Waals surface area (Å²) >= 11 is 0. The minimum Gasteiger partial charge on any atom is -0.403 e. The SMILES string of the molecule is CC(C)=CCC/C(C)=C\C=N/NC(=O)Nc1nnc(-c2ccccc2)o1. The van der Waals surface area contributed by atoms with E-state index in [0.29, 0.717) is 5.89 Å². The van der Waals surface area contributed by atoms with Crippen LogP contribution in [0.3, 0.4) is 0 Å². The van der Waals surface area contributed by atoms with Crippen molar-refractivity contribution in [1.29, 1.82) is 0 Å². The highest BCUT2D eigenvalue weighted by atomic mass is 16.4. The second-order valence-corrected chi connectivity index (χ2v) is 5.96. The van der Waals surface area contributed by atoms with Gasteiger partial charge in [0.15, 0.2) is 0 Å². The fourth-order valence-corrected chi connectivity index (χ4v) is 2.03. The molecule has 0 spiro atoms. The molecule has 0 saturated carbocycles. The third-order valence-electron chi connectivity index (χ3n) is 3.36. The highest BCUT2D eigenvalue weighted by Crippen LogP contribution is 2.18. The average molecular weight is 353 g/mol. The van der Waals surface area contributed by atoms with Gasteiger partial charge in [-0.15, -0.1) is 5.10 Å². The summed E-state index contributed by atoms with van der Waals surface area (Å²) in [6.45, 7) is 6.18. The quantitative estimate of drug-likeness (QED) is 0.434. The first-order valence-electron chi connectivity index (χ1n) is 8.32. The lowest BCUT2D eigenvalue weighted by atomic mass is 10.1. The van der Waals surface area contributed by atoms with Crippen LogP contribution in [0.5, 0.6) is 0 Å². The molecule has 0 aliphatic rings. The number of hydrogen-bond acceptors (Lipinski definition) is 5. The minimum atomic E-state index is -0.555. The van der Waals surface area contributed by atoms with Crippen molar-refractivity contribution < 1.29 is 9.21 Å². The first-order chi connectivity index (χ1) is 12.5. The van der Waals surface area contributed by atoms with Crippen molar-refractivity contribution in [2.45, 2.75) is 33.6 Å². The molecule has 7 nitrogen and oxygen atoms in total. The van der Waals surface area contributed by atoms with Gasteiger partial charge in [-0.1, -0.05) is 40.5 Å². The van der Waals surface area contributed by atoms with E-state index in [1.807, 2.05) is 43.3 Å². The van der Waals surface area contributed by atoms with E-state index < -0.39 is 6.03 Å². The van der Waals surface area contributed by atoms with Gasteiger partial charge in [0.05, 0.1) is 0 Å². The minimum absolute atomic E-state index is 0.00463. The number of carbonyl (C=O) groups excluding carboxylic acids is 1.